The van der Waals surface area contributed by atoms with Gasteiger partial charge >= 0.3 is 6.01 Å². The van der Waals surface area contributed by atoms with Crippen LogP contribution < -0.4 is 15.4 Å². The molecule has 0 bridgehead atoms. The summed E-state index contributed by atoms with van der Waals surface area (Å²) < 4.78 is 5.14. The van der Waals surface area contributed by atoms with Crippen LogP contribution in [0.4, 0.5) is 11.9 Å². The summed E-state index contributed by atoms with van der Waals surface area (Å²) in [7, 11) is 1.57. The van der Waals surface area contributed by atoms with E-state index in [0.29, 0.717) is 23.9 Å². The molecule has 1 aliphatic heterocycles. The Hall–Kier alpha value is -1.63. The molecule has 0 amide bonds. The van der Waals surface area contributed by atoms with Gasteiger partial charge in [0, 0.05) is 19.1 Å². The van der Waals surface area contributed by atoms with Crippen molar-refractivity contribution in [3.8, 4) is 6.01 Å². The first-order chi connectivity index (χ1) is 10.3. The van der Waals surface area contributed by atoms with E-state index in [4.69, 9.17) is 4.74 Å². The predicted octanol–water partition coefficient (Wildman–Crippen LogP) is 1.60. The third kappa shape index (κ3) is 4.42. The maximum Gasteiger partial charge on any atom is 0.322 e. The van der Waals surface area contributed by atoms with Crippen LogP contribution in [0.5, 0.6) is 6.01 Å². The summed E-state index contributed by atoms with van der Waals surface area (Å²) in [6, 6.07) is 0.898. The van der Waals surface area contributed by atoms with Crippen LogP contribution >= 0.6 is 0 Å². The zero-order valence-corrected chi connectivity index (χ0v) is 13.2. The maximum absolute atomic E-state index is 5.14. The minimum absolute atomic E-state index is 0.338. The highest BCUT2D eigenvalue weighted by Gasteiger charge is 2.22. The molecule has 7 nitrogen and oxygen atoms in total. The van der Waals surface area contributed by atoms with Crippen molar-refractivity contribution in [1.29, 1.82) is 0 Å². The number of hydrogen-bond donors (Lipinski definition) is 2. The normalized spacial score (nSPS) is 18.7. The molecular weight excluding hydrogens is 268 g/mol. The largest absolute Gasteiger partial charge is 0.467 e. The monoisotopic (exact) mass is 294 g/mol. The van der Waals surface area contributed by atoms with Gasteiger partial charge in [0.05, 0.1) is 7.11 Å². The summed E-state index contributed by atoms with van der Waals surface area (Å²) in [4.78, 5) is 15.3. The minimum atomic E-state index is 0.338. The van der Waals surface area contributed by atoms with Gasteiger partial charge in [0.15, 0.2) is 0 Å². The molecule has 21 heavy (non-hydrogen) atoms. The van der Waals surface area contributed by atoms with E-state index in [-0.39, 0.29) is 0 Å². The fourth-order valence-corrected chi connectivity index (χ4v) is 2.59. The summed E-state index contributed by atoms with van der Waals surface area (Å²) in [5, 5.41) is 6.48. The first kappa shape index (κ1) is 15.8. The highest BCUT2D eigenvalue weighted by Crippen LogP contribution is 2.17. The Morgan fingerprint density at radius 3 is 2.62 bits per heavy atom. The number of nitrogens with one attached hydrogen (secondary N) is 2. The van der Waals surface area contributed by atoms with Gasteiger partial charge in [0.25, 0.3) is 0 Å². The Labute approximate surface area is 126 Å². The second kappa shape index (κ2) is 7.97. The quantitative estimate of drug-likeness (QED) is 0.754. The van der Waals surface area contributed by atoms with E-state index in [1.165, 1.54) is 19.4 Å². The zero-order valence-electron chi connectivity index (χ0n) is 13.2. The van der Waals surface area contributed by atoms with E-state index in [2.05, 4.69) is 44.3 Å². The van der Waals surface area contributed by atoms with Crippen LogP contribution in [0.1, 0.15) is 33.1 Å². The van der Waals surface area contributed by atoms with Crippen LogP contribution in [0, 0.1) is 0 Å². The lowest BCUT2D eigenvalue weighted by Gasteiger charge is -2.22. The van der Waals surface area contributed by atoms with Crippen LogP contribution in [0.2, 0.25) is 0 Å². The molecule has 0 aromatic carbocycles. The second-order valence-corrected chi connectivity index (χ2v) is 5.20. The lowest BCUT2D eigenvalue weighted by Crippen LogP contribution is -2.35. The molecule has 1 fully saturated rings. The summed E-state index contributed by atoms with van der Waals surface area (Å²) >= 11 is 0. The molecule has 0 radical (unpaired) electrons. The minimum Gasteiger partial charge on any atom is -0.467 e. The number of rotatable bonds is 8. The number of anilines is 2. The lowest BCUT2D eigenvalue weighted by molar-refractivity contribution is 0.276. The van der Waals surface area contributed by atoms with Gasteiger partial charge in [-0.2, -0.15) is 15.0 Å². The molecule has 0 spiro atoms. The van der Waals surface area contributed by atoms with Gasteiger partial charge in [-0.05, 0) is 32.4 Å². The van der Waals surface area contributed by atoms with E-state index in [9.17, 15) is 0 Å². The van der Waals surface area contributed by atoms with Gasteiger partial charge in [0.2, 0.25) is 11.9 Å². The number of ether oxygens (including phenoxy) is 1. The molecule has 118 valence electrons. The SMILES string of the molecule is CCCNc1nc(NCC2CCCN2CC)nc(OC)n1. The number of aromatic nitrogens is 3. The Kier molecular flexibility index (Phi) is 5.98. The molecule has 1 aromatic heterocycles. The molecule has 7 heteroatoms. The van der Waals surface area contributed by atoms with Crippen molar-refractivity contribution in [2.45, 2.75) is 39.2 Å². The van der Waals surface area contributed by atoms with Crippen LogP contribution in [0.25, 0.3) is 0 Å². The average Bonchev–Trinajstić information content (AvgIpc) is 2.98. The smallest absolute Gasteiger partial charge is 0.322 e. The molecule has 2 rings (SSSR count). The molecule has 1 saturated heterocycles. The standard InChI is InChI=1S/C14H26N6O/c1-4-8-15-12-17-13(19-14(18-12)21-3)16-10-11-7-6-9-20(11)5-2/h11H,4-10H2,1-3H3,(H2,15,16,17,18,19). The van der Waals surface area contributed by atoms with Gasteiger partial charge in [0.1, 0.15) is 0 Å². The molecule has 0 aliphatic carbocycles. The Bertz CT molecular complexity index is 441. The van der Waals surface area contributed by atoms with E-state index in [1.54, 1.807) is 7.11 Å². The number of methoxy groups -OCH3 is 1. The molecule has 1 unspecified atom stereocenters. The third-order valence-electron chi connectivity index (χ3n) is 3.73. The Balaban J connectivity index is 1.97. The fourth-order valence-electron chi connectivity index (χ4n) is 2.59. The van der Waals surface area contributed by atoms with E-state index < -0.39 is 0 Å². The van der Waals surface area contributed by atoms with E-state index >= 15 is 0 Å². The summed E-state index contributed by atoms with van der Waals surface area (Å²) in [6.07, 6.45) is 3.51. The van der Waals surface area contributed by atoms with Crippen LogP contribution in [-0.2, 0) is 0 Å². The molecule has 1 aliphatic rings. The second-order valence-electron chi connectivity index (χ2n) is 5.20. The van der Waals surface area contributed by atoms with Crippen LogP contribution in [-0.4, -0.2) is 59.2 Å². The van der Waals surface area contributed by atoms with Crippen molar-refractivity contribution in [2.75, 3.05) is 43.9 Å². The average molecular weight is 294 g/mol. The summed E-state index contributed by atoms with van der Waals surface area (Å²) in [5.74, 6) is 1.13. The fraction of sp³-hybridized carbons (Fsp3) is 0.786. The van der Waals surface area contributed by atoms with Crippen molar-refractivity contribution in [3.63, 3.8) is 0 Å². The molecule has 1 atom stereocenters. The Morgan fingerprint density at radius 2 is 1.95 bits per heavy atom. The zero-order chi connectivity index (χ0) is 15.1. The Morgan fingerprint density at radius 1 is 1.19 bits per heavy atom. The highest BCUT2D eigenvalue weighted by molar-refractivity contribution is 5.36. The maximum atomic E-state index is 5.14. The molecular formula is C14H26N6O. The highest BCUT2D eigenvalue weighted by atomic mass is 16.5. The van der Waals surface area contributed by atoms with Gasteiger partial charge < -0.3 is 15.4 Å². The summed E-state index contributed by atoms with van der Waals surface area (Å²) in [6.45, 7) is 8.27. The van der Waals surface area contributed by atoms with Crippen molar-refractivity contribution in [3.05, 3.63) is 0 Å². The molecule has 0 saturated carbocycles. The van der Waals surface area contributed by atoms with Gasteiger partial charge in [-0.25, -0.2) is 0 Å². The number of nitrogens with zero attached hydrogens (tertiary/aromatic N) is 4. The predicted molar refractivity (Wildman–Crippen MR) is 83.9 cm³/mol. The van der Waals surface area contributed by atoms with Crippen molar-refractivity contribution in [2.24, 2.45) is 0 Å². The van der Waals surface area contributed by atoms with Crippen LogP contribution in [0.3, 0.4) is 0 Å². The number of likely N-dealkylation sites (tertiary alicyclic amines) is 1. The third-order valence-corrected chi connectivity index (χ3v) is 3.73. The van der Waals surface area contributed by atoms with E-state index in [0.717, 1.165) is 26.1 Å². The topological polar surface area (TPSA) is 75.2 Å². The van der Waals surface area contributed by atoms with E-state index in [1.807, 2.05) is 0 Å². The first-order valence-electron chi connectivity index (χ1n) is 7.78. The number of likely N-dealkylation sites (N-methyl/N-ethyl adjacent to an activating group) is 1. The van der Waals surface area contributed by atoms with Gasteiger partial charge in [-0.15, -0.1) is 0 Å². The molecule has 2 N–H and O–H groups in total. The van der Waals surface area contributed by atoms with Gasteiger partial charge in [-0.1, -0.05) is 13.8 Å². The van der Waals surface area contributed by atoms with Gasteiger partial charge in [-0.3, -0.25) is 4.90 Å². The van der Waals surface area contributed by atoms with Crippen molar-refractivity contribution < 1.29 is 4.74 Å². The summed E-state index contributed by atoms with van der Waals surface area (Å²) in [5.41, 5.74) is 0. The first-order valence-corrected chi connectivity index (χ1v) is 7.78. The molecule has 1 aromatic rings. The van der Waals surface area contributed by atoms with Crippen molar-refractivity contribution >= 4 is 11.9 Å². The van der Waals surface area contributed by atoms with Crippen LogP contribution in [0.15, 0.2) is 0 Å². The van der Waals surface area contributed by atoms with Crippen molar-refractivity contribution in [1.82, 2.24) is 19.9 Å². The number of hydrogen-bond acceptors (Lipinski definition) is 7. The lowest BCUT2D eigenvalue weighted by atomic mass is 10.2. The molecule has 2 heterocycles.